The monoisotopic (exact) mass is 236 g/mol. The highest BCUT2D eigenvalue weighted by Crippen LogP contribution is 2.18. The van der Waals surface area contributed by atoms with Gasteiger partial charge in [-0.15, -0.1) is 0 Å². The van der Waals surface area contributed by atoms with Gasteiger partial charge in [-0.2, -0.15) is 0 Å². The van der Waals surface area contributed by atoms with Gasteiger partial charge in [-0.05, 0) is 50.1 Å². The summed E-state index contributed by atoms with van der Waals surface area (Å²) < 4.78 is 5.36. The second kappa shape index (κ2) is 7.30. The average Bonchev–Trinajstić information content (AvgIpc) is 2.32. The van der Waals surface area contributed by atoms with Crippen molar-refractivity contribution in [2.24, 2.45) is 5.73 Å². The van der Waals surface area contributed by atoms with Gasteiger partial charge in [0.25, 0.3) is 0 Å². The van der Waals surface area contributed by atoms with Gasteiger partial charge in [0, 0.05) is 25.9 Å². The lowest BCUT2D eigenvalue weighted by atomic mass is 10.0. The van der Waals surface area contributed by atoms with Crippen LogP contribution in [-0.4, -0.2) is 33.4 Å². The van der Waals surface area contributed by atoms with E-state index in [4.69, 9.17) is 10.5 Å². The molecule has 3 nitrogen and oxygen atoms in total. The molecular formula is C14H24N2O. The number of rotatable bonds is 7. The first kappa shape index (κ1) is 14.0. The Kier molecular flexibility index (Phi) is 6.01. The molecular weight excluding hydrogens is 212 g/mol. The number of likely N-dealkylation sites (N-methyl/N-ethyl adjacent to an activating group) is 1. The molecule has 0 aliphatic rings. The first-order chi connectivity index (χ1) is 8.19. The summed E-state index contributed by atoms with van der Waals surface area (Å²) >= 11 is 0. The number of benzene rings is 1. The van der Waals surface area contributed by atoms with E-state index >= 15 is 0 Å². The van der Waals surface area contributed by atoms with Gasteiger partial charge in [0.2, 0.25) is 0 Å². The van der Waals surface area contributed by atoms with Gasteiger partial charge in [0.05, 0.1) is 6.61 Å². The predicted molar refractivity (Wildman–Crippen MR) is 73.7 cm³/mol. The molecule has 0 saturated heterocycles. The van der Waals surface area contributed by atoms with E-state index in [9.17, 15) is 0 Å². The molecule has 2 N–H and O–H groups in total. The normalized spacial score (nSPS) is 10.6. The maximum Gasteiger partial charge on any atom is 0.0641 e. The van der Waals surface area contributed by atoms with Crippen LogP contribution in [0.1, 0.15) is 18.1 Å². The summed E-state index contributed by atoms with van der Waals surface area (Å²) in [5.41, 5.74) is 9.48. The fourth-order valence-electron chi connectivity index (χ4n) is 1.83. The third-order valence-electron chi connectivity index (χ3n) is 2.96. The van der Waals surface area contributed by atoms with Crippen LogP contribution in [0.15, 0.2) is 18.2 Å². The lowest BCUT2D eigenvalue weighted by Gasteiger charge is -2.20. The van der Waals surface area contributed by atoms with Crippen molar-refractivity contribution in [1.82, 2.24) is 0 Å². The van der Waals surface area contributed by atoms with Crippen molar-refractivity contribution in [2.75, 3.05) is 38.3 Å². The van der Waals surface area contributed by atoms with Gasteiger partial charge in [0.1, 0.15) is 0 Å². The van der Waals surface area contributed by atoms with E-state index in [1.807, 2.05) is 6.92 Å². The lowest BCUT2D eigenvalue weighted by Crippen LogP contribution is -2.22. The predicted octanol–water partition coefficient (Wildman–Crippen LogP) is 1.97. The first-order valence-electron chi connectivity index (χ1n) is 6.27. The molecule has 17 heavy (non-hydrogen) atoms. The Hall–Kier alpha value is -1.06. The Morgan fingerprint density at radius 1 is 1.35 bits per heavy atom. The molecule has 0 atom stereocenters. The van der Waals surface area contributed by atoms with E-state index in [0.29, 0.717) is 6.54 Å². The molecule has 0 aliphatic carbocycles. The quantitative estimate of drug-likeness (QED) is 0.736. The number of anilines is 1. The zero-order valence-electron chi connectivity index (χ0n) is 11.2. The van der Waals surface area contributed by atoms with Gasteiger partial charge < -0.3 is 15.4 Å². The summed E-state index contributed by atoms with van der Waals surface area (Å²) in [6.07, 6.45) is 0.953. The van der Waals surface area contributed by atoms with Crippen LogP contribution in [0.2, 0.25) is 0 Å². The molecule has 96 valence electrons. The van der Waals surface area contributed by atoms with Crippen LogP contribution in [-0.2, 0) is 11.2 Å². The van der Waals surface area contributed by atoms with E-state index < -0.39 is 0 Å². The fraction of sp³-hybridized carbons (Fsp3) is 0.571. The minimum atomic E-state index is 0.709. The van der Waals surface area contributed by atoms with Crippen LogP contribution in [0.25, 0.3) is 0 Å². The summed E-state index contributed by atoms with van der Waals surface area (Å²) in [5, 5.41) is 0. The number of hydrogen-bond donors (Lipinski definition) is 1. The molecule has 1 aromatic carbocycles. The fourth-order valence-corrected chi connectivity index (χ4v) is 1.83. The SMILES string of the molecule is CCOCCN(C)c1ccc(CCN)c(C)c1. The van der Waals surface area contributed by atoms with Crippen LogP contribution in [0.5, 0.6) is 0 Å². The molecule has 1 aromatic rings. The third-order valence-corrected chi connectivity index (χ3v) is 2.96. The smallest absolute Gasteiger partial charge is 0.0641 e. The molecule has 3 heteroatoms. The van der Waals surface area contributed by atoms with Crippen LogP contribution < -0.4 is 10.6 Å². The Balaban J connectivity index is 2.62. The maximum atomic E-state index is 5.58. The van der Waals surface area contributed by atoms with Gasteiger partial charge >= 0.3 is 0 Å². The standard InChI is InChI=1S/C14H24N2O/c1-4-17-10-9-16(3)14-6-5-13(7-8-15)12(2)11-14/h5-6,11H,4,7-10,15H2,1-3H3. The molecule has 0 heterocycles. The Morgan fingerprint density at radius 3 is 2.71 bits per heavy atom. The van der Waals surface area contributed by atoms with Crippen molar-refractivity contribution < 1.29 is 4.74 Å². The molecule has 0 saturated carbocycles. The van der Waals surface area contributed by atoms with Crippen molar-refractivity contribution >= 4 is 5.69 Å². The molecule has 0 unspecified atom stereocenters. The molecule has 0 fully saturated rings. The maximum absolute atomic E-state index is 5.58. The molecule has 1 rings (SSSR count). The minimum absolute atomic E-state index is 0.709. The number of aryl methyl sites for hydroxylation is 1. The van der Waals surface area contributed by atoms with Crippen LogP contribution >= 0.6 is 0 Å². The molecule has 0 spiro atoms. The van der Waals surface area contributed by atoms with Gasteiger partial charge in [-0.3, -0.25) is 0 Å². The van der Waals surface area contributed by atoms with E-state index in [1.54, 1.807) is 0 Å². The molecule has 0 aromatic heterocycles. The lowest BCUT2D eigenvalue weighted by molar-refractivity contribution is 0.154. The number of ether oxygens (including phenoxy) is 1. The van der Waals surface area contributed by atoms with Gasteiger partial charge in [-0.25, -0.2) is 0 Å². The van der Waals surface area contributed by atoms with Crippen LogP contribution in [0.3, 0.4) is 0 Å². The van der Waals surface area contributed by atoms with E-state index in [1.165, 1.54) is 16.8 Å². The molecule has 0 radical (unpaired) electrons. The van der Waals surface area contributed by atoms with Crippen molar-refractivity contribution in [3.63, 3.8) is 0 Å². The second-order valence-corrected chi connectivity index (χ2v) is 4.27. The summed E-state index contributed by atoms with van der Waals surface area (Å²) in [4.78, 5) is 2.22. The minimum Gasteiger partial charge on any atom is -0.380 e. The molecule has 0 bridgehead atoms. The van der Waals surface area contributed by atoms with Crippen molar-refractivity contribution in [2.45, 2.75) is 20.3 Å². The van der Waals surface area contributed by atoms with Crippen LogP contribution in [0, 0.1) is 6.92 Å². The number of nitrogens with zero attached hydrogens (tertiary/aromatic N) is 1. The number of hydrogen-bond acceptors (Lipinski definition) is 3. The Labute approximate surface area is 105 Å². The first-order valence-corrected chi connectivity index (χ1v) is 6.27. The number of nitrogens with two attached hydrogens (primary N) is 1. The Morgan fingerprint density at radius 2 is 2.12 bits per heavy atom. The summed E-state index contributed by atoms with van der Waals surface area (Å²) in [5.74, 6) is 0. The van der Waals surface area contributed by atoms with E-state index in [-0.39, 0.29) is 0 Å². The third kappa shape index (κ3) is 4.36. The highest BCUT2D eigenvalue weighted by Gasteiger charge is 2.03. The summed E-state index contributed by atoms with van der Waals surface area (Å²) in [6.45, 7) is 7.35. The van der Waals surface area contributed by atoms with Gasteiger partial charge in [0.15, 0.2) is 0 Å². The average molecular weight is 236 g/mol. The topological polar surface area (TPSA) is 38.5 Å². The zero-order chi connectivity index (χ0) is 12.7. The van der Waals surface area contributed by atoms with Crippen molar-refractivity contribution in [3.05, 3.63) is 29.3 Å². The van der Waals surface area contributed by atoms with E-state index in [2.05, 4.69) is 37.1 Å². The zero-order valence-corrected chi connectivity index (χ0v) is 11.2. The molecule has 0 amide bonds. The van der Waals surface area contributed by atoms with Crippen LogP contribution in [0.4, 0.5) is 5.69 Å². The summed E-state index contributed by atoms with van der Waals surface area (Å²) in [7, 11) is 2.09. The van der Waals surface area contributed by atoms with Crippen molar-refractivity contribution in [3.8, 4) is 0 Å². The highest BCUT2D eigenvalue weighted by atomic mass is 16.5. The second-order valence-electron chi connectivity index (χ2n) is 4.27. The van der Waals surface area contributed by atoms with Gasteiger partial charge in [-0.1, -0.05) is 6.07 Å². The highest BCUT2D eigenvalue weighted by molar-refractivity contribution is 5.50. The summed E-state index contributed by atoms with van der Waals surface area (Å²) in [6, 6.07) is 6.55. The van der Waals surface area contributed by atoms with Crippen molar-refractivity contribution in [1.29, 1.82) is 0 Å². The Bertz CT molecular complexity index is 339. The van der Waals surface area contributed by atoms with E-state index in [0.717, 1.165) is 26.2 Å². The largest absolute Gasteiger partial charge is 0.380 e. The molecule has 0 aliphatic heterocycles.